The molecule has 0 aliphatic carbocycles. The summed E-state index contributed by atoms with van der Waals surface area (Å²) >= 11 is 0. The Labute approximate surface area is 224 Å². The predicted octanol–water partition coefficient (Wildman–Crippen LogP) is 6.39. The van der Waals surface area contributed by atoms with Crippen LogP contribution in [0.5, 0.6) is 0 Å². The van der Waals surface area contributed by atoms with Crippen molar-refractivity contribution in [2.24, 2.45) is 0 Å². The summed E-state index contributed by atoms with van der Waals surface area (Å²) in [5.74, 6) is 0. The Morgan fingerprint density at radius 1 is 0.872 bits per heavy atom. The van der Waals surface area contributed by atoms with Gasteiger partial charge in [0.05, 0.1) is 34.9 Å². The topological polar surface area (TPSA) is 67.3 Å². The number of hydrogen-bond donors (Lipinski definition) is 1. The van der Waals surface area contributed by atoms with E-state index in [4.69, 9.17) is 0 Å². The first kappa shape index (κ1) is 26.7. The molecule has 1 saturated heterocycles. The molecule has 0 bridgehead atoms. The number of alkyl halides is 3. The molecule has 1 fully saturated rings. The quantitative estimate of drug-likeness (QED) is 0.395. The summed E-state index contributed by atoms with van der Waals surface area (Å²) in [5.41, 5.74) is 0.852. The second kappa shape index (κ2) is 10.7. The molecule has 7 nitrogen and oxygen atoms in total. The highest BCUT2D eigenvalue weighted by Crippen LogP contribution is 2.43. The van der Waals surface area contributed by atoms with E-state index >= 15 is 0 Å². The Balaban J connectivity index is 1.57. The maximum atomic E-state index is 14.1. The van der Waals surface area contributed by atoms with Crippen molar-refractivity contribution >= 4 is 34.8 Å². The summed E-state index contributed by atoms with van der Waals surface area (Å²) in [7, 11) is 0. The highest BCUT2D eigenvalue weighted by molar-refractivity contribution is 6.28. The number of fused-ring (bicyclic) bond motifs is 1. The molecule has 0 aromatic heterocycles. The number of aliphatic hydroxyl groups excluding tert-OH is 1. The van der Waals surface area contributed by atoms with Crippen LogP contribution >= 0.6 is 0 Å². The Bertz CT molecular complexity index is 1350. The zero-order chi connectivity index (χ0) is 27.7. The highest BCUT2D eigenvalue weighted by Gasteiger charge is 2.41. The SMILES string of the molecule is CCN1C(=O)N(c2ccc(CN3CCC[C@@H]3CO)cc2)C(=O)N(c2ccccc2)c2cc(C(F)(F)F)ccc21. The van der Waals surface area contributed by atoms with Crippen molar-refractivity contribution in [1.82, 2.24) is 4.90 Å². The van der Waals surface area contributed by atoms with Gasteiger partial charge in [-0.05, 0) is 74.3 Å². The van der Waals surface area contributed by atoms with Gasteiger partial charge >= 0.3 is 18.2 Å². The molecule has 3 aromatic rings. The van der Waals surface area contributed by atoms with E-state index in [2.05, 4.69) is 4.90 Å². The molecule has 0 spiro atoms. The Morgan fingerprint density at radius 2 is 1.56 bits per heavy atom. The lowest BCUT2D eigenvalue weighted by molar-refractivity contribution is -0.137. The monoisotopic (exact) mass is 538 g/mol. The van der Waals surface area contributed by atoms with Crippen LogP contribution in [0.1, 0.15) is 30.9 Å². The third kappa shape index (κ3) is 5.09. The number of amides is 4. The molecule has 204 valence electrons. The van der Waals surface area contributed by atoms with Crippen molar-refractivity contribution in [2.75, 3.05) is 34.4 Å². The summed E-state index contributed by atoms with van der Waals surface area (Å²) in [6, 6.07) is 17.1. The van der Waals surface area contributed by atoms with Crippen molar-refractivity contribution in [2.45, 2.75) is 38.5 Å². The lowest BCUT2D eigenvalue weighted by atomic mass is 10.1. The second-order valence-electron chi connectivity index (χ2n) is 9.63. The minimum Gasteiger partial charge on any atom is -0.395 e. The average molecular weight is 539 g/mol. The van der Waals surface area contributed by atoms with E-state index in [-0.39, 0.29) is 30.6 Å². The number of benzene rings is 3. The lowest BCUT2D eigenvalue weighted by Gasteiger charge is -2.27. The number of rotatable bonds is 6. The van der Waals surface area contributed by atoms with Gasteiger partial charge < -0.3 is 5.11 Å². The van der Waals surface area contributed by atoms with Gasteiger partial charge in [0.25, 0.3) is 0 Å². The number of anilines is 4. The molecule has 5 rings (SSSR count). The van der Waals surface area contributed by atoms with Crippen LogP contribution in [0, 0.1) is 0 Å². The zero-order valence-electron chi connectivity index (χ0n) is 21.4. The number of imide groups is 1. The van der Waals surface area contributed by atoms with Gasteiger partial charge in [0.1, 0.15) is 0 Å². The van der Waals surface area contributed by atoms with Crippen LogP contribution in [0.4, 0.5) is 45.5 Å². The summed E-state index contributed by atoms with van der Waals surface area (Å²) in [5, 5.41) is 9.62. The molecule has 10 heteroatoms. The number of nitrogens with zero attached hydrogens (tertiary/aromatic N) is 4. The molecule has 2 heterocycles. The molecule has 1 N–H and O–H groups in total. The lowest BCUT2D eigenvalue weighted by Crippen LogP contribution is -2.48. The van der Waals surface area contributed by atoms with Gasteiger partial charge in [0.15, 0.2) is 0 Å². The Kier molecular flexibility index (Phi) is 7.33. The first-order valence-corrected chi connectivity index (χ1v) is 12.9. The van der Waals surface area contributed by atoms with Crippen LogP contribution in [0.3, 0.4) is 0 Å². The van der Waals surface area contributed by atoms with Crippen LogP contribution in [0.2, 0.25) is 0 Å². The number of carbonyl (C=O) groups is 2. The molecule has 0 unspecified atom stereocenters. The number of carbonyl (C=O) groups excluding carboxylic acids is 2. The van der Waals surface area contributed by atoms with E-state index in [0.717, 1.165) is 46.9 Å². The molecule has 1 atom stereocenters. The minimum absolute atomic E-state index is 0.0283. The van der Waals surface area contributed by atoms with Gasteiger partial charge in [-0.1, -0.05) is 30.3 Å². The number of halogens is 3. The van der Waals surface area contributed by atoms with E-state index in [1.165, 1.54) is 11.0 Å². The molecule has 3 aromatic carbocycles. The number of hydrogen-bond acceptors (Lipinski definition) is 4. The fourth-order valence-electron chi connectivity index (χ4n) is 5.26. The molecule has 4 amide bonds. The van der Waals surface area contributed by atoms with Crippen LogP contribution < -0.4 is 14.7 Å². The van der Waals surface area contributed by atoms with Gasteiger partial charge in [-0.15, -0.1) is 0 Å². The first-order valence-electron chi connectivity index (χ1n) is 12.9. The zero-order valence-corrected chi connectivity index (χ0v) is 21.4. The predicted molar refractivity (Wildman–Crippen MR) is 143 cm³/mol. The standard InChI is InChI=1S/C29H29F3N4O3/c1-2-34-25-15-12-21(29(30,31)32)17-26(25)35(22-7-4-3-5-8-22)28(39)36(27(34)38)23-13-10-20(11-14-23)18-33-16-6-9-24(33)19-37/h3-5,7-8,10-15,17,24,37H,2,6,9,16,18-19H2,1H3/t24-/m1/s1. The largest absolute Gasteiger partial charge is 0.416 e. The smallest absolute Gasteiger partial charge is 0.395 e. The third-order valence-corrected chi connectivity index (χ3v) is 7.26. The number of para-hydroxylation sites is 1. The van der Waals surface area contributed by atoms with Gasteiger partial charge in [-0.3, -0.25) is 14.7 Å². The van der Waals surface area contributed by atoms with Gasteiger partial charge in [0.2, 0.25) is 0 Å². The summed E-state index contributed by atoms with van der Waals surface area (Å²) in [6.07, 6.45) is -2.68. The number of aliphatic hydroxyl groups is 1. The van der Waals surface area contributed by atoms with Crippen molar-refractivity contribution < 1.29 is 27.9 Å². The molecular weight excluding hydrogens is 509 g/mol. The van der Waals surface area contributed by atoms with Crippen molar-refractivity contribution in [3.05, 3.63) is 83.9 Å². The summed E-state index contributed by atoms with van der Waals surface area (Å²) in [4.78, 5) is 33.5. The molecule has 2 aliphatic heterocycles. The maximum Gasteiger partial charge on any atom is 0.416 e. The van der Waals surface area contributed by atoms with Crippen molar-refractivity contribution in [3.63, 3.8) is 0 Å². The maximum absolute atomic E-state index is 14.1. The van der Waals surface area contributed by atoms with E-state index in [1.807, 2.05) is 12.1 Å². The summed E-state index contributed by atoms with van der Waals surface area (Å²) < 4.78 is 41.1. The molecule has 0 radical (unpaired) electrons. The first-order chi connectivity index (χ1) is 18.7. The van der Waals surface area contributed by atoms with E-state index in [9.17, 15) is 27.9 Å². The van der Waals surface area contributed by atoms with Crippen LogP contribution in [-0.4, -0.2) is 47.8 Å². The third-order valence-electron chi connectivity index (χ3n) is 7.26. The van der Waals surface area contributed by atoms with Crippen LogP contribution in [-0.2, 0) is 12.7 Å². The number of urea groups is 2. The van der Waals surface area contributed by atoms with E-state index in [0.29, 0.717) is 17.9 Å². The Morgan fingerprint density at radius 3 is 2.21 bits per heavy atom. The average Bonchev–Trinajstić information content (AvgIpc) is 3.34. The van der Waals surface area contributed by atoms with E-state index in [1.54, 1.807) is 49.4 Å². The highest BCUT2D eigenvalue weighted by atomic mass is 19.4. The van der Waals surface area contributed by atoms with Gasteiger partial charge in [-0.25, -0.2) is 14.5 Å². The second-order valence-corrected chi connectivity index (χ2v) is 9.63. The minimum atomic E-state index is -4.63. The van der Waals surface area contributed by atoms with Crippen molar-refractivity contribution in [3.8, 4) is 0 Å². The molecule has 39 heavy (non-hydrogen) atoms. The van der Waals surface area contributed by atoms with E-state index < -0.39 is 23.8 Å². The number of likely N-dealkylation sites (tertiary alicyclic amines) is 1. The summed E-state index contributed by atoms with van der Waals surface area (Å²) in [6.45, 7) is 3.44. The Hall–Kier alpha value is -3.89. The normalized spacial score (nSPS) is 18.5. The fourth-order valence-corrected chi connectivity index (χ4v) is 5.26. The van der Waals surface area contributed by atoms with Gasteiger partial charge in [0, 0.05) is 19.1 Å². The fraction of sp³-hybridized carbons (Fsp3) is 0.310. The molecule has 0 saturated carbocycles. The van der Waals surface area contributed by atoms with Crippen LogP contribution in [0.25, 0.3) is 0 Å². The van der Waals surface area contributed by atoms with Crippen LogP contribution in [0.15, 0.2) is 72.8 Å². The van der Waals surface area contributed by atoms with Gasteiger partial charge in [-0.2, -0.15) is 13.2 Å². The molecular formula is C29H29F3N4O3. The molecule has 2 aliphatic rings. The van der Waals surface area contributed by atoms with Crippen molar-refractivity contribution in [1.29, 1.82) is 0 Å².